The molecule has 0 saturated carbocycles. The second-order valence-electron chi connectivity index (χ2n) is 8.36. The van der Waals surface area contributed by atoms with Gasteiger partial charge in [0.2, 0.25) is 0 Å². The Hall–Kier alpha value is -3.78. The minimum atomic E-state index is -3.44. The monoisotopic (exact) mass is 495 g/mol. The highest BCUT2D eigenvalue weighted by atomic mass is 32.2. The summed E-state index contributed by atoms with van der Waals surface area (Å²) >= 11 is 0. The van der Waals surface area contributed by atoms with Gasteiger partial charge in [0.05, 0.1) is 10.5 Å². The van der Waals surface area contributed by atoms with Crippen LogP contribution in [0, 0.1) is 18.6 Å². The molecule has 0 atom stereocenters. The summed E-state index contributed by atoms with van der Waals surface area (Å²) in [5, 5.41) is 9.51. The van der Waals surface area contributed by atoms with Crippen molar-refractivity contribution in [3.05, 3.63) is 107 Å². The summed E-state index contributed by atoms with van der Waals surface area (Å²) in [4.78, 5) is 11.8. The number of benzene rings is 3. The van der Waals surface area contributed by atoms with E-state index in [1.54, 1.807) is 30.3 Å². The summed E-state index contributed by atoms with van der Waals surface area (Å²) in [5.74, 6) is -2.03. The number of hydrogen-bond acceptors (Lipinski definition) is 3. The lowest BCUT2D eigenvalue weighted by Gasteiger charge is -2.10. The number of aromatic carboxylic acids is 1. The molecule has 0 spiro atoms. The van der Waals surface area contributed by atoms with Gasteiger partial charge in [-0.15, -0.1) is 0 Å². The van der Waals surface area contributed by atoms with E-state index in [1.807, 2.05) is 17.7 Å². The molecule has 1 aromatic heterocycles. The molecule has 5 nitrogen and oxygen atoms in total. The Morgan fingerprint density at radius 1 is 0.943 bits per heavy atom. The maximum Gasteiger partial charge on any atom is 0.335 e. The molecular formula is C27H23F2NO4S. The SMILES string of the molecule is Cc1c(CCc2cc(F)ccc2C(=O)O)c(-c2cccc(S(C)(=O)=O)c2)cn1-c1ccc(F)cc1. The second kappa shape index (κ2) is 9.46. The number of hydrogen-bond donors (Lipinski definition) is 1. The Kier molecular flexibility index (Phi) is 6.58. The van der Waals surface area contributed by atoms with Crippen LogP contribution in [0.25, 0.3) is 16.8 Å². The molecule has 4 rings (SSSR count). The quantitative estimate of drug-likeness (QED) is 0.361. The zero-order valence-corrected chi connectivity index (χ0v) is 19.9. The molecule has 0 fully saturated rings. The molecule has 0 radical (unpaired) electrons. The van der Waals surface area contributed by atoms with Crippen LogP contribution in [0.5, 0.6) is 0 Å². The van der Waals surface area contributed by atoms with Crippen LogP contribution in [0.4, 0.5) is 8.78 Å². The molecule has 35 heavy (non-hydrogen) atoms. The van der Waals surface area contributed by atoms with Crippen molar-refractivity contribution >= 4 is 15.8 Å². The number of aryl methyl sites for hydroxylation is 1. The fourth-order valence-corrected chi connectivity index (χ4v) is 4.88. The van der Waals surface area contributed by atoms with E-state index in [0.717, 1.165) is 29.1 Å². The number of carboxylic acids is 1. The average Bonchev–Trinajstić information content (AvgIpc) is 3.13. The van der Waals surface area contributed by atoms with E-state index < -0.39 is 21.6 Å². The van der Waals surface area contributed by atoms with Crippen LogP contribution in [0.1, 0.15) is 27.2 Å². The third kappa shape index (κ3) is 5.17. The van der Waals surface area contributed by atoms with Gasteiger partial charge < -0.3 is 9.67 Å². The van der Waals surface area contributed by atoms with Crippen molar-refractivity contribution in [3.63, 3.8) is 0 Å². The van der Waals surface area contributed by atoms with Crippen LogP contribution in [0.2, 0.25) is 0 Å². The van der Waals surface area contributed by atoms with Gasteiger partial charge in [0.15, 0.2) is 9.84 Å². The van der Waals surface area contributed by atoms with Gasteiger partial charge in [0, 0.05) is 29.4 Å². The lowest BCUT2D eigenvalue weighted by atomic mass is 9.95. The maximum atomic E-state index is 13.9. The van der Waals surface area contributed by atoms with E-state index in [2.05, 4.69) is 0 Å². The molecule has 0 aliphatic heterocycles. The van der Waals surface area contributed by atoms with E-state index in [-0.39, 0.29) is 22.7 Å². The van der Waals surface area contributed by atoms with Crippen molar-refractivity contribution < 1.29 is 27.1 Å². The van der Waals surface area contributed by atoms with Gasteiger partial charge in [-0.3, -0.25) is 0 Å². The highest BCUT2D eigenvalue weighted by Crippen LogP contribution is 2.33. The molecule has 3 aromatic carbocycles. The third-order valence-corrected chi connectivity index (χ3v) is 7.11. The number of carboxylic acid groups (broad SMARTS) is 1. The van der Waals surface area contributed by atoms with E-state index in [9.17, 15) is 27.1 Å². The van der Waals surface area contributed by atoms with Gasteiger partial charge in [-0.2, -0.15) is 0 Å². The maximum absolute atomic E-state index is 13.9. The number of carbonyl (C=O) groups is 1. The molecule has 0 amide bonds. The summed E-state index contributed by atoms with van der Waals surface area (Å²) < 4.78 is 53.6. The fraction of sp³-hybridized carbons (Fsp3) is 0.148. The van der Waals surface area contributed by atoms with Gasteiger partial charge >= 0.3 is 5.97 Å². The summed E-state index contributed by atoms with van der Waals surface area (Å²) in [6.07, 6.45) is 3.62. The molecule has 1 N–H and O–H groups in total. The van der Waals surface area contributed by atoms with E-state index >= 15 is 0 Å². The number of sulfone groups is 1. The molecule has 1 heterocycles. The van der Waals surface area contributed by atoms with E-state index in [1.165, 1.54) is 30.3 Å². The first-order valence-corrected chi connectivity index (χ1v) is 12.7. The fourth-order valence-electron chi connectivity index (χ4n) is 4.21. The summed E-state index contributed by atoms with van der Waals surface area (Å²) in [7, 11) is -3.44. The summed E-state index contributed by atoms with van der Waals surface area (Å²) in [6, 6.07) is 16.1. The van der Waals surface area contributed by atoms with Crippen LogP contribution in [0.3, 0.4) is 0 Å². The van der Waals surface area contributed by atoms with Crippen molar-refractivity contribution in [2.24, 2.45) is 0 Å². The van der Waals surface area contributed by atoms with Gasteiger partial charge in [0.25, 0.3) is 0 Å². The van der Waals surface area contributed by atoms with Gasteiger partial charge in [-0.1, -0.05) is 12.1 Å². The predicted octanol–water partition coefficient (Wildman–Crippen LogP) is 5.62. The Bertz CT molecular complexity index is 1520. The number of rotatable bonds is 7. The van der Waals surface area contributed by atoms with Crippen molar-refractivity contribution in [1.82, 2.24) is 4.57 Å². The summed E-state index contributed by atoms with van der Waals surface area (Å²) in [6.45, 7) is 1.88. The van der Waals surface area contributed by atoms with Crippen LogP contribution in [-0.2, 0) is 22.7 Å². The van der Waals surface area contributed by atoms with E-state index in [0.29, 0.717) is 23.2 Å². The molecule has 0 aliphatic rings. The molecular weight excluding hydrogens is 472 g/mol. The molecule has 0 saturated heterocycles. The largest absolute Gasteiger partial charge is 0.478 e. The standard InChI is InChI=1S/C27H23F2NO4S/c1-17-24(12-6-19-14-21(29)9-13-25(19)27(31)32)26(16-30(17)22-10-7-20(28)8-11-22)18-4-3-5-23(15-18)35(2,33)34/h3-5,7-11,13-16H,6,12H2,1-2H3,(H,31,32). The average molecular weight is 496 g/mol. The molecule has 180 valence electrons. The van der Waals surface area contributed by atoms with Crippen molar-refractivity contribution in [2.45, 2.75) is 24.7 Å². The predicted molar refractivity (Wildman–Crippen MR) is 130 cm³/mol. The minimum Gasteiger partial charge on any atom is -0.478 e. The van der Waals surface area contributed by atoms with E-state index in [4.69, 9.17) is 0 Å². The minimum absolute atomic E-state index is 0.0302. The van der Waals surface area contributed by atoms with Crippen molar-refractivity contribution in [3.8, 4) is 16.8 Å². The highest BCUT2D eigenvalue weighted by Gasteiger charge is 2.19. The summed E-state index contributed by atoms with van der Waals surface area (Å²) in [5.41, 5.74) is 4.21. The lowest BCUT2D eigenvalue weighted by molar-refractivity contribution is 0.0695. The zero-order chi connectivity index (χ0) is 25.3. The van der Waals surface area contributed by atoms with Crippen LogP contribution in [-0.4, -0.2) is 30.3 Å². The number of aromatic nitrogens is 1. The van der Waals surface area contributed by atoms with Gasteiger partial charge in [0.1, 0.15) is 11.6 Å². The van der Waals surface area contributed by atoms with Crippen LogP contribution in [0.15, 0.2) is 77.8 Å². The highest BCUT2D eigenvalue weighted by molar-refractivity contribution is 7.90. The normalized spacial score (nSPS) is 11.5. The first-order chi connectivity index (χ1) is 16.5. The van der Waals surface area contributed by atoms with Crippen LogP contribution >= 0.6 is 0 Å². The lowest BCUT2D eigenvalue weighted by Crippen LogP contribution is -2.05. The first-order valence-electron chi connectivity index (χ1n) is 10.8. The molecule has 0 unspecified atom stereocenters. The molecule has 0 aliphatic carbocycles. The Labute approximate surface area is 202 Å². The molecule has 0 bridgehead atoms. The number of halogens is 2. The molecule has 8 heteroatoms. The Balaban J connectivity index is 1.84. The van der Waals surface area contributed by atoms with Gasteiger partial charge in [-0.05, 0) is 91.1 Å². The number of nitrogens with zero attached hydrogens (tertiary/aromatic N) is 1. The second-order valence-corrected chi connectivity index (χ2v) is 10.4. The zero-order valence-electron chi connectivity index (χ0n) is 19.1. The molecule has 4 aromatic rings. The van der Waals surface area contributed by atoms with Crippen LogP contribution < -0.4 is 0 Å². The van der Waals surface area contributed by atoms with Gasteiger partial charge in [-0.25, -0.2) is 22.0 Å². The third-order valence-electron chi connectivity index (χ3n) is 6.00. The van der Waals surface area contributed by atoms with Crippen molar-refractivity contribution in [2.75, 3.05) is 6.26 Å². The topological polar surface area (TPSA) is 76.4 Å². The smallest absolute Gasteiger partial charge is 0.335 e. The Morgan fingerprint density at radius 2 is 1.63 bits per heavy atom. The first kappa shape index (κ1) is 24.3. The Morgan fingerprint density at radius 3 is 2.29 bits per heavy atom. The van der Waals surface area contributed by atoms with Crippen molar-refractivity contribution in [1.29, 1.82) is 0 Å².